The number of aromatic nitrogens is 3. The lowest BCUT2D eigenvalue weighted by Crippen LogP contribution is -2.33. The maximum absolute atomic E-state index is 11.1. The minimum absolute atomic E-state index is 0.0153. The summed E-state index contributed by atoms with van der Waals surface area (Å²) in [6.45, 7) is 5.92. The van der Waals surface area contributed by atoms with Gasteiger partial charge in [0.2, 0.25) is 5.82 Å². The molecule has 4 rings (SSSR count). The quantitative estimate of drug-likeness (QED) is 0.379. The molecular formula is C24H25ClN4O4. The molecule has 0 unspecified atom stereocenters. The third-order valence-corrected chi connectivity index (χ3v) is 5.56. The SMILES string of the molecule is CC(C)Oc1ccc(-c2nc(-c3cccc4c(CN[C@@H](C)C(=O)O)cn(C)c34)no2)cc1Cl. The summed E-state index contributed by atoms with van der Waals surface area (Å²) >= 11 is 6.36. The lowest BCUT2D eigenvalue weighted by Gasteiger charge is -2.11. The number of rotatable bonds is 8. The fourth-order valence-corrected chi connectivity index (χ4v) is 3.88. The van der Waals surface area contributed by atoms with E-state index >= 15 is 0 Å². The summed E-state index contributed by atoms with van der Waals surface area (Å²) in [6, 6.07) is 10.6. The second-order valence-corrected chi connectivity index (χ2v) is 8.55. The Bertz CT molecular complexity index is 1310. The van der Waals surface area contributed by atoms with E-state index in [1.807, 2.05) is 55.9 Å². The first kappa shape index (κ1) is 22.8. The summed E-state index contributed by atoms with van der Waals surface area (Å²) in [7, 11) is 1.93. The topological polar surface area (TPSA) is 102 Å². The molecule has 2 heterocycles. The van der Waals surface area contributed by atoms with E-state index in [0.717, 1.165) is 22.0 Å². The van der Waals surface area contributed by atoms with Crippen molar-refractivity contribution in [2.24, 2.45) is 7.05 Å². The van der Waals surface area contributed by atoms with Crippen molar-refractivity contribution in [3.63, 3.8) is 0 Å². The first-order chi connectivity index (χ1) is 15.7. The first-order valence-corrected chi connectivity index (χ1v) is 11.0. The number of para-hydroxylation sites is 1. The van der Waals surface area contributed by atoms with Crippen molar-refractivity contribution in [3.05, 3.63) is 53.2 Å². The molecule has 2 aromatic carbocycles. The summed E-state index contributed by atoms with van der Waals surface area (Å²) < 4.78 is 13.2. The Morgan fingerprint density at radius 3 is 2.76 bits per heavy atom. The standard InChI is InChI=1S/C24H25ClN4O4/c1-13(2)32-20-9-8-15(10-19(20)25)23-27-22(28-33-23)18-7-5-6-17-16(12-29(4)21(17)18)11-26-14(3)24(30)31/h5-10,12-14,26H,11H2,1-4H3,(H,30,31)/t14-/m0/s1. The molecule has 0 bridgehead atoms. The number of benzene rings is 2. The molecular weight excluding hydrogens is 444 g/mol. The van der Waals surface area contributed by atoms with Crippen LogP contribution in [-0.4, -0.2) is 37.9 Å². The molecule has 1 atom stereocenters. The molecule has 0 amide bonds. The van der Waals surface area contributed by atoms with Crippen molar-refractivity contribution in [2.45, 2.75) is 39.5 Å². The Balaban J connectivity index is 1.66. The van der Waals surface area contributed by atoms with E-state index in [1.165, 1.54) is 0 Å². The minimum Gasteiger partial charge on any atom is -0.489 e. The van der Waals surface area contributed by atoms with Crippen LogP contribution in [0, 0.1) is 0 Å². The van der Waals surface area contributed by atoms with Crippen molar-refractivity contribution in [1.82, 2.24) is 20.0 Å². The van der Waals surface area contributed by atoms with Gasteiger partial charge in [-0.3, -0.25) is 4.79 Å². The summed E-state index contributed by atoms with van der Waals surface area (Å²) in [5, 5.41) is 17.8. The van der Waals surface area contributed by atoms with Crippen LogP contribution in [0.25, 0.3) is 33.7 Å². The number of hydrogen-bond donors (Lipinski definition) is 2. The number of aryl methyl sites for hydroxylation is 1. The molecule has 8 nitrogen and oxygen atoms in total. The van der Waals surface area contributed by atoms with Crippen LogP contribution >= 0.6 is 11.6 Å². The number of carboxylic acids is 1. The Morgan fingerprint density at radius 1 is 1.27 bits per heavy atom. The van der Waals surface area contributed by atoms with E-state index in [4.69, 9.17) is 26.0 Å². The Morgan fingerprint density at radius 2 is 2.06 bits per heavy atom. The highest BCUT2D eigenvalue weighted by Gasteiger charge is 2.18. The van der Waals surface area contributed by atoms with Gasteiger partial charge in [0.05, 0.1) is 16.6 Å². The number of carbonyl (C=O) groups is 1. The van der Waals surface area contributed by atoms with Crippen molar-refractivity contribution in [3.8, 4) is 28.6 Å². The Hall–Kier alpha value is -3.36. The zero-order valence-corrected chi connectivity index (χ0v) is 19.6. The summed E-state index contributed by atoms with van der Waals surface area (Å²) in [5.74, 6) is 0.515. The molecule has 0 aliphatic heterocycles. The predicted octanol–water partition coefficient (Wildman–Crippen LogP) is 4.90. The van der Waals surface area contributed by atoms with Gasteiger partial charge in [0.25, 0.3) is 5.89 Å². The monoisotopic (exact) mass is 468 g/mol. The van der Waals surface area contributed by atoms with Gasteiger partial charge in [-0.25, -0.2) is 0 Å². The molecule has 33 heavy (non-hydrogen) atoms. The van der Waals surface area contributed by atoms with Crippen molar-refractivity contribution in [1.29, 1.82) is 0 Å². The molecule has 4 aromatic rings. The Labute approximate surface area is 196 Å². The number of nitrogens with one attached hydrogen (secondary N) is 1. The van der Waals surface area contributed by atoms with Gasteiger partial charge in [-0.05, 0) is 50.6 Å². The molecule has 0 radical (unpaired) electrons. The van der Waals surface area contributed by atoms with Crippen LogP contribution in [0.1, 0.15) is 26.3 Å². The fourth-order valence-electron chi connectivity index (χ4n) is 3.66. The van der Waals surface area contributed by atoms with E-state index in [0.29, 0.717) is 34.6 Å². The number of carboxylic acid groups (broad SMARTS) is 1. The van der Waals surface area contributed by atoms with Crippen LogP contribution in [0.15, 0.2) is 47.1 Å². The highest BCUT2D eigenvalue weighted by atomic mass is 35.5. The van der Waals surface area contributed by atoms with Crippen LogP contribution in [0.5, 0.6) is 5.75 Å². The van der Waals surface area contributed by atoms with E-state index in [-0.39, 0.29) is 6.10 Å². The molecule has 9 heteroatoms. The van der Waals surface area contributed by atoms with Gasteiger partial charge in [-0.1, -0.05) is 28.9 Å². The average molecular weight is 469 g/mol. The largest absolute Gasteiger partial charge is 0.489 e. The number of halogens is 1. The molecule has 0 spiro atoms. The van der Waals surface area contributed by atoms with Crippen molar-refractivity contribution in [2.75, 3.05) is 0 Å². The van der Waals surface area contributed by atoms with Gasteiger partial charge in [-0.15, -0.1) is 0 Å². The highest BCUT2D eigenvalue weighted by Crippen LogP contribution is 2.33. The van der Waals surface area contributed by atoms with E-state index in [1.54, 1.807) is 19.1 Å². The minimum atomic E-state index is -0.890. The summed E-state index contributed by atoms with van der Waals surface area (Å²) in [6.07, 6.45) is 1.99. The van der Waals surface area contributed by atoms with Gasteiger partial charge in [0.15, 0.2) is 0 Å². The number of ether oxygens (including phenoxy) is 1. The van der Waals surface area contributed by atoms with Crippen LogP contribution in [-0.2, 0) is 18.4 Å². The van der Waals surface area contributed by atoms with Gasteiger partial charge in [0.1, 0.15) is 11.8 Å². The smallest absolute Gasteiger partial charge is 0.320 e. The number of aliphatic carboxylic acids is 1. The third kappa shape index (κ3) is 4.72. The molecule has 172 valence electrons. The summed E-state index contributed by atoms with van der Waals surface area (Å²) in [4.78, 5) is 15.7. The van der Waals surface area contributed by atoms with Crippen molar-refractivity contribution >= 4 is 28.5 Å². The number of hydrogen-bond acceptors (Lipinski definition) is 6. The first-order valence-electron chi connectivity index (χ1n) is 10.6. The molecule has 0 aliphatic rings. The van der Waals surface area contributed by atoms with E-state index in [9.17, 15) is 4.79 Å². The zero-order valence-electron chi connectivity index (χ0n) is 18.8. The number of fused-ring (bicyclic) bond motifs is 1. The average Bonchev–Trinajstić information content (AvgIpc) is 3.38. The molecule has 0 saturated heterocycles. The molecule has 2 aromatic heterocycles. The normalized spacial score (nSPS) is 12.4. The van der Waals surface area contributed by atoms with E-state index in [2.05, 4.69) is 15.5 Å². The maximum atomic E-state index is 11.1. The Kier molecular flexibility index (Phi) is 6.40. The second kappa shape index (κ2) is 9.25. The van der Waals surface area contributed by atoms with Crippen LogP contribution in [0.2, 0.25) is 5.02 Å². The third-order valence-electron chi connectivity index (χ3n) is 5.26. The van der Waals surface area contributed by atoms with Crippen LogP contribution in [0.3, 0.4) is 0 Å². The second-order valence-electron chi connectivity index (χ2n) is 8.14. The lowest BCUT2D eigenvalue weighted by atomic mass is 10.1. The van der Waals surface area contributed by atoms with Crippen molar-refractivity contribution < 1.29 is 19.2 Å². The fraction of sp³-hybridized carbons (Fsp3) is 0.292. The van der Waals surface area contributed by atoms with Gasteiger partial charge in [0, 0.05) is 36.3 Å². The van der Waals surface area contributed by atoms with Gasteiger partial charge < -0.3 is 24.3 Å². The predicted molar refractivity (Wildman–Crippen MR) is 126 cm³/mol. The van der Waals surface area contributed by atoms with Gasteiger partial charge in [-0.2, -0.15) is 4.98 Å². The van der Waals surface area contributed by atoms with Crippen LogP contribution < -0.4 is 10.1 Å². The lowest BCUT2D eigenvalue weighted by molar-refractivity contribution is -0.139. The van der Waals surface area contributed by atoms with Crippen LogP contribution in [0.4, 0.5) is 0 Å². The molecule has 0 fully saturated rings. The highest BCUT2D eigenvalue weighted by molar-refractivity contribution is 6.32. The maximum Gasteiger partial charge on any atom is 0.320 e. The molecule has 2 N–H and O–H groups in total. The van der Waals surface area contributed by atoms with E-state index < -0.39 is 12.0 Å². The number of nitrogens with zero attached hydrogens (tertiary/aromatic N) is 3. The molecule has 0 aliphatic carbocycles. The summed E-state index contributed by atoms with van der Waals surface area (Å²) in [5.41, 5.74) is 3.43. The zero-order chi connectivity index (χ0) is 23.7. The van der Waals surface area contributed by atoms with Gasteiger partial charge >= 0.3 is 5.97 Å². The molecule has 0 saturated carbocycles.